The zero-order valence-corrected chi connectivity index (χ0v) is 11.8. The summed E-state index contributed by atoms with van der Waals surface area (Å²) in [6.45, 7) is 3.74. The fraction of sp³-hybridized carbons (Fsp3) is 0.500. The molecule has 0 radical (unpaired) electrons. The van der Waals surface area contributed by atoms with Gasteiger partial charge in [-0.2, -0.15) is 0 Å². The van der Waals surface area contributed by atoms with Gasteiger partial charge in [0, 0.05) is 12.6 Å². The molecule has 1 aliphatic carbocycles. The van der Waals surface area contributed by atoms with E-state index in [9.17, 15) is 0 Å². The van der Waals surface area contributed by atoms with E-state index in [1.807, 2.05) is 12.1 Å². The van der Waals surface area contributed by atoms with E-state index in [0.29, 0.717) is 0 Å². The second kappa shape index (κ2) is 7.19. The van der Waals surface area contributed by atoms with Crippen LogP contribution in [0.3, 0.4) is 0 Å². The summed E-state index contributed by atoms with van der Waals surface area (Å²) in [4.78, 5) is 0. The van der Waals surface area contributed by atoms with Gasteiger partial charge >= 0.3 is 0 Å². The van der Waals surface area contributed by atoms with Crippen LogP contribution in [0.1, 0.15) is 31.7 Å². The van der Waals surface area contributed by atoms with Crippen LogP contribution in [0.15, 0.2) is 24.3 Å². The van der Waals surface area contributed by atoms with E-state index in [4.69, 9.17) is 9.47 Å². The highest BCUT2D eigenvalue weighted by molar-refractivity contribution is 5.56. The Labute approximate surface area is 115 Å². The third kappa shape index (κ3) is 4.60. The molecule has 1 N–H and O–H groups in total. The summed E-state index contributed by atoms with van der Waals surface area (Å²) in [5.41, 5.74) is 1.14. The first kappa shape index (κ1) is 13.9. The fourth-order valence-electron chi connectivity index (χ4n) is 1.84. The van der Waals surface area contributed by atoms with Crippen molar-refractivity contribution in [3.63, 3.8) is 0 Å². The molecule has 0 bridgehead atoms. The normalized spacial score (nSPS) is 14.8. The Morgan fingerprint density at radius 1 is 1.32 bits per heavy atom. The summed E-state index contributed by atoms with van der Waals surface area (Å²) in [6.07, 6.45) is 7.91. The first-order chi connectivity index (χ1) is 9.33. The molecule has 1 aliphatic rings. The molecule has 3 heteroatoms. The molecule has 0 amide bonds. The van der Waals surface area contributed by atoms with Gasteiger partial charge in [-0.25, -0.2) is 0 Å². The number of rotatable bonds is 8. The highest BCUT2D eigenvalue weighted by atomic mass is 16.5. The Balaban J connectivity index is 1.92. The Bertz CT molecular complexity index is 425. The zero-order valence-electron chi connectivity index (χ0n) is 11.8. The molecule has 1 aromatic rings. The third-order valence-corrected chi connectivity index (χ3v) is 3.06. The van der Waals surface area contributed by atoms with Gasteiger partial charge in [-0.05, 0) is 37.0 Å². The quantitative estimate of drug-likeness (QED) is 0.779. The molecule has 0 aliphatic heterocycles. The van der Waals surface area contributed by atoms with Crippen LogP contribution in [0.2, 0.25) is 0 Å². The highest BCUT2D eigenvalue weighted by Gasteiger charge is 2.18. The topological polar surface area (TPSA) is 30.5 Å². The molecule has 0 aromatic heterocycles. The van der Waals surface area contributed by atoms with Gasteiger partial charge in [0.2, 0.25) is 0 Å². The molecule has 0 unspecified atom stereocenters. The third-order valence-electron chi connectivity index (χ3n) is 3.06. The van der Waals surface area contributed by atoms with Gasteiger partial charge < -0.3 is 14.8 Å². The van der Waals surface area contributed by atoms with E-state index in [1.165, 1.54) is 12.8 Å². The number of benzene rings is 1. The maximum absolute atomic E-state index is 5.64. The van der Waals surface area contributed by atoms with Crippen molar-refractivity contribution in [2.24, 2.45) is 0 Å². The molecule has 1 saturated carbocycles. The van der Waals surface area contributed by atoms with Crippen LogP contribution in [-0.4, -0.2) is 26.3 Å². The summed E-state index contributed by atoms with van der Waals surface area (Å²) in [7, 11) is 1.68. The number of hydrogen-bond acceptors (Lipinski definition) is 3. The van der Waals surface area contributed by atoms with E-state index in [2.05, 4.69) is 30.5 Å². The first-order valence-corrected chi connectivity index (χ1v) is 7.04. The molecule has 1 aromatic carbocycles. The lowest BCUT2D eigenvalue weighted by atomic mass is 10.2. The largest absolute Gasteiger partial charge is 0.493 e. The monoisotopic (exact) mass is 261 g/mol. The van der Waals surface area contributed by atoms with Crippen molar-refractivity contribution >= 4 is 6.08 Å². The summed E-state index contributed by atoms with van der Waals surface area (Å²) in [5.74, 6) is 1.61. The van der Waals surface area contributed by atoms with Crippen LogP contribution in [0.5, 0.6) is 11.5 Å². The van der Waals surface area contributed by atoms with Crippen LogP contribution in [0.25, 0.3) is 6.08 Å². The van der Waals surface area contributed by atoms with Crippen molar-refractivity contribution < 1.29 is 9.47 Å². The summed E-state index contributed by atoms with van der Waals surface area (Å²) < 4.78 is 11.0. The van der Waals surface area contributed by atoms with Crippen LogP contribution in [0, 0.1) is 0 Å². The molecule has 0 heterocycles. The summed E-state index contributed by atoms with van der Waals surface area (Å²) >= 11 is 0. The minimum absolute atomic E-state index is 0.719. The fourth-order valence-corrected chi connectivity index (χ4v) is 1.84. The smallest absolute Gasteiger partial charge is 0.161 e. The Kier molecular flexibility index (Phi) is 5.28. The van der Waals surface area contributed by atoms with Crippen molar-refractivity contribution in [1.82, 2.24) is 5.32 Å². The Hall–Kier alpha value is -1.48. The van der Waals surface area contributed by atoms with Gasteiger partial charge in [-0.3, -0.25) is 0 Å². The lowest BCUT2D eigenvalue weighted by Crippen LogP contribution is -2.15. The predicted molar refractivity (Wildman–Crippen MR) is 78.8 cm³/mol. The lowest BCUT2D eigenvalue weighted by molar-refractivity contribution is 0.294. The van der Waals surface area contributed by atoms with Crippen LogP contribution in [0.4, 0.5) is 0 Å². The van der Waals surface area contributed by atoms with Crippen LogP contribution < -0.4 is 14.8 Å². The molecule has 0 spiro atoms. The minimum atomic E-state index is 0.719. The number of nitrogens with one attached hydrogen (secondary N) is 1. The molecular weight excluding hydrogens is 238 g/mol. The van der Waals surface area contributed by atoms with Crippen molar-refractivity contribution in [1.29, 1.82) is 0 Å². The lowest BCUT2D eigenvalue weighted by Gasteiger charge is -2.10. The zero-order chi connectivity index (χ0) is 13.5. The summed E-state index contributed by atoms with van der Waals surface area (Å²) in [6, 6.07) is 6.80. The standard InChI is InChI=1S/C16H23NO2/c1-3-11-19-15-9-6-13(12-16(15)18-2)5-4-10-17-14-7-8-14/h4-6,9,12,14,17H,3,7-8,10-11H2,1-2H3. The SMILES string of the molecule is CCCOc1ccc(C=CCNC2CC2)cc1OC. The van der Waals surface area contributed by atoms with E-state index >= 15 is 0 Å². The van der Waals surface area contributed by atoms with Crippen LogP contribution in [-0.2, 0) is 0 Å². The Morgan fingerprint density at radius 3 is 2.84 bits per heavy atom. The van der Waals surface area contributed by atoms with E-state index in [1.54, 1.807) is 7.11 Å². The van der Waals surface area contributed by atoms with Crippen molar-refractivity contribution in [3.05, 3.63) is 29.8 Å². The Morgan fingerprint density at radius 2 is 2.16 bits per heavy atom. The number of ether oxygens (including phenoxy) is 2. The van der Waals surface area contributed by atoms with Gasteiger partial charge in [0.05, 0.1) is 13.7 Å². The maximum Gasteiger partial charge on any atom is 0.161 e. The first-order valence-electron chi connectivity index (χ1n) is 7.04. The molecule has 0 atom stereocenters. The molecule has 1 fully saturated rings. The van der Waals surface area contributed by atoms with Gasteiger partial charge in [0.1, 0.15) is 0 Å². The second-order valence-corrected chi connectivity index (χ2v) is 4.84. The van der Waals surface area contributed by atoms with E-state index in [-0.39, 0.29) is 0 Å². The minimum Gasteiger partial charge on any atom is -0.493 e. The summed E-state index contributed by atoms with van der Waals surface area (Å²) in [5, 5.41) is 3.45. The van der Waals surface area contributed by atoms with Gasteiger partial charge in [-0.15, -0.1) is 0 Å². The van der Waals surface area contributed by atoms with Crippen LogP contribution >= 0.6 is 0 Å². The van der Waals surface area contributed by atoms with Crippen molar-refractivity contribution in [2.45, 2.75) is 32.2 Å². The second-order valence-electron chi connectivity index (χ2n) is 4.84. The molecule has 3 nitrogen and oxygen atoms in total. The van der Waals surface area contributed by atoms with Crippen molar-refractivity contribution in [3.8, 4) is 11.5 Å². The molecule has 0 saturated heterocycles. The van der Waals surface area contributed by atoms with Gasteiger partial charge in [0.15, 0.2) is 11.5 Å². The van der Waals surface area contributed by atoms with Gasteiger partial charge in [0.25, 0.3) is 0 Å². The van der Waals surface area contributed by atoms with Crippen molar-refractivity contribution in [2.75, 3.05) is 20.3 Å². The number of hydrogen-bond donors (Lipinski definition) is 1. The molecule has 104 valence electrons. The van der Waals surface area contributed by atoms with E-state index < -0.39 is 0 Å². The number of methoxy groups -OCH3 is 1. The molecule has 19 heavy (non-hydrogen) atoms. The molecule has 2 rings (SSSR count). The average molecular weight is 261 g/mol. The van der Waals surface area contributed by atoms with Gasteiger partial charge in [-0.1, -0.05) is 25.1 Å². The van der Waals surface area contributed by atoms with E-state index in [0.717, 1.165) is 42.7 Å². The predicted octanol–water partition coefficient (Wildman–Crippen LogP) is 3.25. The maximum atomic E-state index is 5.64. The highest BCUT2D eigenvalue weighted by Crippen LogP contribution is 2.28. The average Bonchev–Trinajstić information content (AvgIpc) is 3.26. The molecular formula is C16H23NO2.